The molecule has 0 unspecified atom stereocenters. The Labute approximate surface area is 184 Å². The van der Waals surface area contributed by atoms with Gasteiger partial charge in [-0.25, -0.2) is 9.78 Å². The summed E-state index contributed by atoms with van der Waals surface area (Å²) in [6.45, 7) is 5.05. The van der Waals surface area contributed by atoms with E-state index in [1.54, 1.807) is 30.5 Å². The van der Waals surface area contributed by atoms with E-state index >= 15 is 0 Å². The van der Waals surface area contributed by atoms with Gasteiger partial charge in [-0.05, 0) is 42.7 Å². The number of esters is 1. The molecule has 2 aromatic carbocycles. The van der Waals surface area contributed by atoms with Crippen molar-refractivity contribution in [1.82, 2.24) is 9.97 Å². The fraction of sp³-hybridized carbons (Fsp3) is 0.346. The van der Waals surface area contributed by atoms with E-state index in [0.29, 0.717) is 12.4 Å². The Kier molecular flexibility index (Phi) is 8.59. The van der Waals surface area contributed by atoms with Crippen LogP contribution in [0.25, 0.3) is 11.3 Å². The Morgan fingerprint density at radius 2 is 1.55 bits per heavy atom. The first-order chi connectivity index (χ1) is 15.2. The second kappa shape index (κ2) is 11.8. The van der Waals surface area contributed by atoms with Gasteiger partial charge >= 0.3 is 5.97 Å². The molecule has 0 aliphatic carbocycles. The number of carbonyl (C=O) groups excluding carboxylic acids is 1. The van der Waals surface area contributed by atoms with Gasteiger partial charge in [0.15, 0.2) is 5.69 Å². The second-order valence-corrected chi connectivity index (χ2v) is 7.50. The van der Waals surface area contributed by atoms with Crippen LogP contribution in [-0.4, -0.2) is 22.5 Å². The van der Waals surface area contributed by atoms with Gasteiger partial charge in [0.1, 0.15) is 11.5 Å². The molecule has 0 saturated heterocycles. The zero-order chi connectivity index (χ0) is 21.9. The molecule has 5 nitrogen and oxygen atoms in total. The summed E-state index contributed by atoms with van der Waals surface area (Å²) in [5.41, 5.74) is 3.16. The molecule has 0 aliphatic rings. The molecule has 1 heterocycles. The van der Waals surface area contributed by atoms with Crippen LogP contribution in [0.2, 0.25) is 0 Å². The van der Waals surface area contributed by atoms with E-state index in [4.69, 9.17) is 9.47 Å². The SMILES string of the molecule is CCCCCCOc1ccc(OC(=O)c2cnc(-c3ccc(CCC)cc3)cn2)cc1. The minimum Gasteiger partial charge on any atom is -0.494 e. The molecule has 0 aliphatic heterocycles. The predicted molar refractivity (Wildman–Crippen MR) is 123 cm³/mol. The van der Waals surface area contributed by atoms with E-state index in [1.165, 1.54) is 31.0 Å². The van der Waals surface area contributed by atoms with Gasteiger partial charge in [-0.2, -0.15) is 0 Å². The van der Waals surface area contributed by atoms with E-state index in [2.05, 4.69) is 35.9 Å². The lowest BCUT2D eigenvalue weighted by atomic mass is 10.1. The minimum absolute atomic E-state index is 0.169. The number of hydrogen-bond acceptors (Lipinski definition) is 5. The molecule has 0 bridgehead atoms. The molecule has 0 atom stereocenters. The zero-order valence-corrected chi connectivity index (χ0v) is 18.3. The maximum Gasteiger partial charge on any atom is 0.363 e. The van der Waals surface area contributed by atoms with Gasteiger partial charge in [0.25, 0.3) is 0 Å². The number of nitrogens with zero attached hydrogens (tertiary/aromatic N) is 2. The summed E-state index contributed by atoms with van der Waals surface area (Å²) < 4.78 is 11.1. The summed E-state index contributed by atoms with van der Waals surface area (Å²) in [7, 11) is 0. The molecule has 31 heavy (non-hydrogen) atoms. The number of carbonyl (C=O) groups is 1. The average molecular weight is 419 g/mol. The number of ether oxygens (including phenoxy) is 2. The van der Waals surface area contributed by atoms with E-state index in [9.17, 15) is 4.79 Å². The smallest absolute Gasteiger partial charge is 0.363 e. The van der Waals surface area contributed by atoms with Gasteiger partial charge < -0.3 is 9.47 Å². The molecule has 5 heteroatoms. The first kappa shape index (κ1) is 22.5. The van der Waals surface area contributed by atoms with Gasteiger partial charge in [0, 0.05) is 5.56 Å². The van der Waals surface area contributed by atoms with Gasteiger partial charge in [0.2, 0.25) is 0 Å². The fourth-order valence-corrected chi connectivity index (χ4v) is 3.20. The van der Waals surface area contributed by atoms with E-state index < -0.39 is 5.97 Å². The number of benzene rings is 2. The highest BCUT2D eigenvalue weighted by atomic mass is 16.5. The largest absolute Gasteiger partial charge is 0.494 e. The van der Waals surface area contributed by atoms with E-state index in [0.717, 1.165) is 36.3 Å². The number of aryl methyl sites for hydroxylation is 1. The van der Waals surface area contributed by atoms with Gasteiger partial charge in [-0.1, -0.05) is 63.8 Å². The van der Waals surface area contributed by atoms with Crippen molar-refractivity contribution in [3.63, 3.8) is 0 Å². The van der Waals surface area contributed by atoms with Crippen LogP contribution in [0.1, 0.15) is 62.0 Å². The van der Waals surface area contributed by atoms with E-state index in [-0.39, 0.29) is 5.69 Å². The van der Waals surface area contributed by atoms with E-state index in [1.807, 2.05) is 12.1 Å². The molecular formula is C26H30N2O3. The molecular weight excluding hydrogens is 388 g/mol. The lowest BCUT2D eigenvalue weighted by molar-refractivity contribution is 0.0728. The van der Waals surface area contributed by atoms with Crippen LogP contribution in [0.3, 0.4) is 0 Å². The molecule has 1 aromatic heterocycles. The van der Waals surface area contributed by atoms with Crippen molar-refractivity contribution in [2.24, 2.45) is 0 Å². The van der Waals surface area contributed by atoms with Crippen LogP contribution in [0, 0.1) is 0 Å². The standard InChI is InChI=1S/C26H30N2O3/c1-3-5-6-7-17-30-22-13-15-23(16-14-22)31-26(29)25-19-27-24(18-28-25)21-11-9-20(8-4-2)10-12-21/h9-16,18-19H,3-8,17H2,1-2H3. The maximum atomic E-state index is 12.4. The normalized spacial score (nSPS) is 10.6. The Balaban J connectivity index is 1.53. The highest BCUT2D eigenvalue weighted by Crippen LogP contribution is 2.20. The van der Waals surface area contributed by atoms with Crippen LogP contribution in [-0.2, 0) is 6.42 Å². The van der Waals surface area contributed by atoms with Crippen LogP contribution in [0.15, 0.2) is 60.9 Å². The third-order valence-electron chi connectivity index (χ3n) is 4.95. The second-order valence-electron chi connectivity index (χ2n) is 7.50. The van der Waals surface area contributed by atoms with Crippen LogP contribution < -0.4 is 9.47 Å². The summed E-state index contributed by atoms with van der Waals surface area (Å²) in [6, 6.07) is 15.3. The molecule has 0 saturated carbocycles. The first-order valence-corrected chi connectivity index (χ1v) is 11.1. The van der Waals surface area contributed by atoms with Crippen molar-refractivity contribution in [3.05, 3.63) is 72.2 Å². The Morgan fingerprint density at radius 1 is 0.806 bits per heavy atom. The molecule has 0 spiro atoms. The average Bonchev–Trinajstić information content (AvgIpc) is 2.81. The first-order valence-electron chi connectivity index (χ1n) is 11.1. The van der Waals surface area contributed by atoms with Crippen molar-refractivity contribution in [3.8, 4) is 22.8 Å². The molecule has 0 N–H and O–H groups in total. The zero-order valence-electron chi connectivity index (χ0n) is 18.3. The highest BCUT2D eigenvalue weighted by molar-refractivity contribution is 5.88. The quantitative estimate of drug-likeness (QED) is 0.208. The van der Waals surface area contributed by atoms with Crippen molar-refractivity contribution in [1.29, 1.82) is 0 Å². The summed E-state index contributed by atoms with van der Waals surface area (Å²) >= 11 is 0. The third kappa shape index (κ3) is 6.92. The molecule has 3 aromatic rings. The van der Waals surface area contributed by atoms with Crippen LogP contribution >= 0.6 is 0 Å². The monoisotopic (exact) mass is 418 g/mol. The van der Waals surface area contributed by atoms with Gasteiger partial charge in [0.05, 0.1) is 24.7 Å². The Morgan fingerprint density at radius 3 is 2.19 bits per heavy atom. The minimum atomic E-state index is -0.537. The number of unbranched alkanes of at least 4 members (excludes halogenated alkanes) is 3. The van der Waals surface area contributed by atoms with Crippen molar-refractivity contribution in [2.75, 3.05) is 6.61 Å². The topological polar surface area (TPSA) is 61.3 Å². The summed E-state index contributed by atoms with van der Waals surface area (Å²) in [4.78, 5) is 21.0. The number of hydrogen-bond donors (Lipinski definition) is 0. The lowest BCUT2D eigenvalue weighted by Gasteiger charge is -2.08. The van der Waals surface area contributed by atoms with Crippen LogP contribution in [0.5, 0.6) is 11.5 Å². The third-order valence-corrected chi connectivity index (χ3v) is 4.95. The Hall–Kier alpha value is -3.21. The van der Waals surface area contributed by atoms with Crippen molar-refractivity contribution < 1.29 is 14.3 Å². The predicted octanol–water partition coefficient (Wildman–Crippen LogP) is 6.27. The molecule has 3 rings (SSSR count). The molecule has 0 fully saturated rings. The van der Waals surface area contributed by atoms with Crippen molar-refractivity contribution >= 4 is 5.97 Å². The molecule has 0 radical (unpaired) electrons. The Bertz CT molecular complexity index is 936. The van der Waals surface area contributed by atoms with Gasteiger partial charge in [-0.3, -0.25) is 4.98 Å². The fourth-order valence-electron chi connectivity index (χ4n) is 3.20. The molecule has 162 valence electrons. The molecule has 0 amide bonds. The highest BCUT2D eigenvalue weighted by Gasteiger charge is 2.12. The van der Waals surface area contributed by atoms with Crippen LogP contribution in [0.4, 0.5) is 0 Å². The number of rotatable bonds is 11. The summed E-state index contributed by atoms with van der Waals surface area (Å²) in [6.07, 6.45) is 9.88. The van der Waals surface area contributed by atoms with Crippen molar-refractivity contribution in [2.45, 2.75) is 52.4 Å². The van der Waals surface area contributed by atoms with Gasteiger partial charge in [-0.15, -0.1) is 0 Å². The maximum absolute atomic E-state index is 12.4. The summed E-state index contributed by atoms with van der Waals surface area (Å²) in [5, 5.41) is 0. The number of aromatic nitrogens is 2. The lowest BCUT2D eigenvalue weighted by Crippen LogP contribution is -2.11. The summed E-state index contributed by atoms with van der Waals surface area (Å²) in [5.74, 6) is 0.677.